The van der Waals surface area contributed by atoms with Gasteiger partial charge in [0.25, 0.3) is 0 Å². The number of carbonyl (C=O) groups excluding carboxylic acids is 1. The fourth-order valence-electron chi connectivity index (χ4n) is 5.42. The maximum absolute atomic E-state index is 15.8. The fourth-order valence-corrected chi connectivity index (χ4v) is 5.42. The number of phenolic OH excluding ortho intramolecular Hbond substituents is 1. The van der Waals surface area contributed by atoms with Gasteiger partial charge in [-0.1, -0.05) is 24.3 Å². The number of aromatic hydroxyl groups is 1. The summed E-state index contributed by atoms with van der Waals surface area (Å²) < 4.78 is 37.5. The molecule has 0 bridgehead atoms. The van der Waals surface area contributed by atoms with Crippen LogP contribution in [-0.2, 0) is 11.3 Å². The topological polar surface area (TPSA) is 127 Å². The predicted molar refractivity (Wildman–Crippen MR) is 159 cm³/mol. The predicted octanol–water partition coefficient (Wildman–Crippen LogP) is 4.64. The molecule has 1 amide bonds. The molecule has 5 rings (SSSR count). The number of amides is 1. The van der Waals surface area contributed by atoms with Gasteiger partial charge in [0.15, 0.2) is 11.5 Å². The van der Waals surface area contributed by atoms with Gasteiger partial charge in [0, 0.05) is 32.2 Å². The van der Waals surface area contributed by atoms with Crippen LogP contribution >= 0.6 is 0 Å². The van der Waals surface area contributed by atoms with Gasteiger partial charge in [-0.15, -0.1) is 0 Å². The summed E-state index contributed by atoms with van der Waals surface area (Å²) in [6, 6.07) is 9.80. The van der Waals surface area contributed by atoms with E-state index < -0.39 is 46.0 Å². The molecule has 1 atom stereocenters. The van der Waals surface area contributed by atoms with Crippen LogP contribution in [0.3, 0.4) is 0 Å². The van der Waals surface area contributed by atoms with Gasteiger partial charge < -0.3 is 25.4 Å². The van der Waals surface area contributed by atoms with Crippen LogP contribution in [-0.4, -0.2) is 61.9 Å². The van der Waals surface area contributed by atoms with Crippen LogP contribution in [0.5, 0.6) is 5.75 Å². The molecule has 3 N–H and O–H groups in total. The van der Waals surface area contributed by atoms with Crippen molar-refractivity contribution in [1.82, 2.24) is 19.4 Å². The van der Waals surface area contributed by atoms with E-state index in [0.29, 0.717) is 16.8 Å². The van der Waals surface area contributed by atoms with E-state index in [9.17, 15) is 19.1 Å². The maximum Gasteiger partial charge on any atom is 0.410 e. The number of hydrogen-bond acceptors (Lipinski definition) is 8. The van der Waals surface area contributed by atoms with Gasteiger partial charge >= 0.3 is 11.8 Å². The number of para-hydroxylation sites is 1. The molecule has 1 saturated heterocycles. The minimum Gasteiger partial charge on any atom is -0.507 e. The Morgan fingerprint density at radius 1 is 1.12 bits per heavy atom. The van der Waals surface area contributed by atoms with Crippen LogP contribution in [0, 0.1) is 18.6 Å². The first-order valence-corrected chi connectivity index (χ1v) is 14.0. The molecule has 43 heavy (non-hydrogen) atoms. The molecule has 1 fully saturated rings. The maximum atomic E-state index is 15.8. The summed E-state index contributed by atoms with van der Waals surface area (Å²) in [5.41, 5.74) is 5.55. The Hall–Kier alpha value is -4.58. The lowest BCUT2D eigenvalue weighted by molar-refractivity contribution is 0.0218. The van der Waals surface area contributed by atoms with Crippen LogP contribution in [0.2, 0.25) is 0 Å². The lowest BCUT2D eigenvalue weighted by Gasteiger charge is -2.41. The summed E-state index contributed by atoms with van der Waals surface area (Å²) in [5, 5.41) is 10.6. The lowest BCUT2D eigenvalue weighted by atomic mass is 10.1. The van der Waals surface area contributed by atoms with Gasteiger partial charge in [-0.05, 0) is 63.9 Å². The zero-order valence-electron chi connectivity index (χ0n) is 24.7. The average molecular weight is 593 g/mol. The van der Waals surface area contributed by atoms with Gasteiger partial charge in [-0.25, -0.2) is 27.9 Å². The Morgan fingerprint density at radius 2 is 1.84 bits per heavy atom. The van der Waals surface area contributed by atoms with E-state index in [4.69, 9.17) is 10.5 Å². The third kappa shape index (κ3) is 5.62. The molecule has 4 aromatic rings. The minimum atomic E-state index is -0.912. The van der Waals surface area contributed by atoms with Gasteiger partial charge in [0.1, 0.15) is 28.7 Å². The number of aromatic nitrogens is 3. The van der Waals surface area contributed by atoms with E-state index in [-0.39, 0.29) is 49.1 Å². The Kier molecular flexibility index (Phi) is 7.82. The number of benzene rings is 2. The van der Waals surface area contributed by atoms with Crippen LogP contribution in [0.15, 0.2) is 47.3 Å². The molecule has 2 aromatic carbocycles. The highest BCUT2D eigenvalue weighted by atomic mass is 19.1. The van der Waals surface area contributed by atoms with E-state index in [1.165, 1.54) is 16.7 Å². The van der Waals surface area contributed by atoms with Crippen LogP contribution < -0.4 is 16.3 Å². The number of nitrogens with two attached hydrogens (primary N) is 1. The standard InChI is InChI=1S/C31H34F2N6O4/c1-17-8-6-9-19(15-34)26(17)39-28-20(14-22(33)25(35-28)24-21(32)10-7-11-23(24)40)27(36-29(39)41)38-13-12-37(16-18(38)2)30(42)43-31(3,4)5/h6-11,14,18,40H,12-13,15-16,34H2,1-5H3. The number of fused-ring (bicyclic) bond motifs is 1. The van der Waals surface area contributed by atoms with E-state index in [2.05, 4.69) is 9.97 Å². The number of nitrogens with zero attached hydrogens (tertiary/aromatic N) is 5. The second kappa shape index (κ2) is 11.3. The summed E-state index contributed by atoms with van der Waals surface area (Å²) in [6.45, 7) is 9.95. The van der Waals surface area contributed by atoms with Crippen LogP contribution in [0.4, 0.5) is 19.4 Å². The molecule has 0 radical (unpaired) electrons. The number of ether oxygens (including phenoxy) is 1. The molecule has 12 heteroatoms. The van der Waals surface area contributed by atoms with Crippen molar-refractivity contribution >= 4 is 22.9 Å². The van der Waals surface area contributed by atoms with Crippen LogP contribution in [0.25, 0.3) is 28.0 Å². The zero-order chi connectivity index (χ0) is 31.2. The minimum absolute atomic E-state index is 0.0137. The zero-order valence-corrected chi connectivity index (χ0v) is 24.7. The van der Waals surface area contributed by atoms with E-state index in [1.807, 2.05) is 11.8 Å². The highest BCUT2D eigenvalue weighted by molar-refractivity contribution is 5.91. The molecule has 0 aliphatic carbocycles. The SMILES string of the molecule is Cc1cccc(CN)c1-n1c(=O)nc(N2CCN(C(=O)OC(C)(C)C)CC2C)c2cc(F)c(-c3c(O)cccc3F)nc21. The number of pyridine rings is 1. The molecule has 1 aliphatic heterocycles. The fraction of sp³-hybridized carbons (Fsp3) is 0.355. The van der Waals surface area contributed by atoms with Crippen molar-refractivity contribution in [3.8, 4) is 22.7 Å². The van der Waals surface area contributed by atoms with E-state index in [0.717, 1.165) is 12.1 Å². The van der Waals surface area contributed by atoms with Crippen molar-refractivity contribution in [2.24, 2.45) is 5.73 Å². The third-order valence-electron chi connectivity index (χ3n) is 7.35. The summed E-state index contributed by atoms with van der Waals surface area (Å²) in [7, 11) is 0. The van der Waals surface area contributed by atoms with Crippen molar-refractivity contribution in [2.45, 2.75) is 52.8 Å². The lowest BCUT2D eigenvalue weighted by Crippen LogP contribution is -2.55. The molecule has 226 valence electrons. The number of aryl methyl sites for hydroxylation is 1. The Morgan fingerprint density at radius 3 is 2.49 bits per heavy atom. The Labute approximate surface area is 247 Å². The largest absolute Gasteiger partial charge is 0.507 e. The molecule has 2 aromatic heterocycles. The number of carbonyl (C=O) groups is 1. The van der Waals surface area contributed by atoms with Crippen molar-refractivity contribution < 1.29 is 23.4 Å². The van der Waals surface area contributed by atoms with Gasteiger partial charge in [-0.3, -0.25) is 0 Å². The first-order valence-electron chi connectivity index (χ1n) is 14.0. The number of phenols is 1. The highest BCUT2D eigenvalue weighted by Crippen LogP contribution is 2.36. The molecule has 3 heterocycles. The molecule has 1 aliphatic rings. The molecule has 10 nitrogen and oxygen atoms in total. The first-order chi connectivity index (χ1) is 20.3. The summed E-state index contributed by atoms with van der Waals surface area (Å²) in [4.78, 5) is 38.9. The van der Waals surface area contributed by atoms with Crippen molar-refractivity contribution in [1.29, 1.82) is 0 Å². The Balaban J connectivity index is 1.73. The monoisotopic (exact) mass is 592 g/mol. The van der Waals surface area contributed by atoms with E-state index in [1.54, 1.807) is 50.8 Å². The quantitative estimate of drug-likeness (QED) is 0.351. The van der Waals surface area contributed by atoms with Crippen molar-refractivity contribution in [2.75, 3.05) is 24.5 Å². The van der Waals surface area contributed by atoms with Crippen molar-refractivity contribution in [3.05, 3.63) is 75.7 Å². The second-order valence-corrected chi connectivity index (χ2v) is 11.6. The summed E-state index contributed by atoms with van der Waals surface area (Å²) in [5.74, 6) is -2.12. The molecule has 0 saturated carbocycles. The normalized spacial score (nSPS) is 15.7. The van der Waals surface area contributed by atoms with E-state index >= 15 is 4.39 Å². The summed E-state index contributed by atoms with van der Waals surface area (Å²) in [6.07, 6.45) is -0.455. The number of rotatable bonds is 4. The van der Waals surface area contributed by atoms with Gasteiger partial charge in [-0.2, -0.15) is 4.98 Å². The number of halogens is 2. The molecule has 0 spiro atoms. The third-order valence-corrected chi connectivity index (χ3v) is 7.35. The first kappa shape index (κ1) is 29.9. The highest BCUT2D eigenvalue weighted by Gasteiger charge is 2.33. The number of anilines is 1. The Bertz CT molecular complexity index is 1770. The van der Waals surface area contributed by atoms with Gasteiger partial charge in [0.05, 0.1) is 16.6 Å². The molecular weight excluding hydrogens is 558 g/mol. The number of hydrogen-bond donors (Lipinski definition) is 2. The number of piperazine rings is 1. The van der Waals surface area contributed by atoms with Crippen molar-refractivity contribution in [3.63, 3.8) is 0 Å². The molecular formula is C31H34F2N6O4. The van der Waals surface area contributed by atoms with Gasteiger partial charge in [0.2, 0.25) is 0 Å². The van der Waals surface area contributed by atoms with Crippen LogP contribution in [0.1, 0.15) is 38.8 Å². The second-order valence-electron chi connectivity index (χ2n) is 11.6. The molecule has 1 unspecified atom stereocenters. The smallest absolute Gasteiger partial charge is 0.410 e. The summed E-state index contributed by atoms with van der Waals surface area (Å²) >= 11 is 0. The average Bonchev–Trinajstić information content (AvgIpc) is 2.92.